The summed E-state index contributed by atoms with van der Waals surface area (Å²) in [6.45, 7) is 7.70. The third-order valence-corrected chi connectivity index (χ3v) is 6.90. The average molecular weight is 458 g/mol. The third kappa shape index (κ3) is 5.34. The molecule has 0 spiro atoms. The summed E-state index contributed by atoms with van der Waals surface area (Å²) < 4.78 is 6.26. The number of piperidine rings is 1. The summed E-state index contributed by atoms with van der Waals surface area (Å²) in [5, 5.41) is 4.48. The number of carbonyl (C=O) groups excluding carboxylic acids is 1. The van der Waals surface area contributed by atoms with Crippen molar-refractivity contribution in [3.63, 3.8) is 0 Å². The number of rotatable bonds is 7. The molecule has 0 aliphatic carbocycles. The Labute approximate surface area is 190 Å². The zero-order valence-electron chi connectivity index (χ0n) is 18.1. The van der Waals surface area contributed by atoms with Gasteiger partial charge in [0, 0.05) is 12.7 Å². The van der Waals surface area contributed by atoms with Crippen molar-refractivity contribution in [2.75, 3.05) is 31.3 Å². The number of anilines is 2. The maximum absolute atomic E-state index is 12.3. The van der Waals surface area contributed by atoms with E-state index in [-0.39, 0.29) is 0 Å². The fourth-order valence-electron chi connectivity index (χ4n) is 3.62. The van der Waals surface area contributed by atoms with E-state index in [0.29, 0.717) is 28.3 Å². The van der Waals surface area contributed by atoms with Gasteiger partial charge in [0.2, 0.25) is 0 Å². The first-order chi connectivity index (χ1) is 15.1. The molecule has 1 N–H and O–H groups in total. The highest BCUT2D eigenvalue weighted by Gasteiger charge is 2.18. The third-order valence-electron chi connectivity index (χ3n) is 5.41. The van der Waals surface area contributed by atoms with E-state index in [1.165, 1.54) is 36.4 Å². The molecule has 3 aromatic rings. The van der Waals surface area contributed by atoms with Gasteiger partial charge < -0.3 is 10.1 Å². The first-order valence-electron chi connectivity index (χ1n) is 10.5. The van der Waals surface area contributed by atoms with E-state index in [9.17, 15) is 4.79 Å². The molecule has 3 heterocycles. The molecule has 2 aromatic heterocycles. The van der Waals surface area contributed by atoms with Gasteiger partial charge in [-0.3, -0.25) is 4.90 Å². The molecule has 0 bridgehead atoms. The molecule has 1 aliphatic heterocycles. The summed E-state index contributed by atoms with van der Waals surface area (Å²) in [7, 11) is 0. The topological polar surface area (TPSA) is 80.2 Å². The van der Waals surface area contributed by atoms with Crippen LogP contribution in [0.4, 0.5) is 10.9 Å². The first kappa shape index (κ1) is 22.0. The minimum absolute atomic E-state index is 0.294. The van der Waals surface area contributed by atoms with E-state index in [1.807, 2.05) is 6.26 Å². The highest BCUT2D eigenvalue weighted by molar-refractivity contribution is 7.98. The van der Waals surface area contributed by atoms with Crippen molar-refractivity contribution in [3.05, 3.63) is 35.5 Å². The van der Waals surface area contributed by atoms with Crippen molar-refractivity contribution in [3.8, 4) is 0 Å². The molecule has 7 nitrogen and oxygen atoms in total. The van der Waals surface area contributed by atoms with Crippen LogP contribution in [0.2, 0.25) is 0 Å². The molecule has 1 aromatic carbocycles. The Morgan fingerprint density at radius 1 is 1.32 bits per heavy atom. The van der Waals surface area contributed by atoms with Gasteiger partial charge in [0.05, 0.1) is 16.8 Å². The van der Waals surface area contributed by atoms with E-state index in [4.69, 9.17) is 4.74 Å². The number of carbonyl (C=O) groups is 1. The van der Waals surface area contributed by atoms with E-state index >= 15 is 0 Å². The Morgan fingerprint density at radius 3 is 2.87 bits per heavy atom. The first-order valence-corrected chi connectivity index (χ1v) is 12.6. The maximum Gasteiger partial charge on any atom is 0.343 e. The van der Waals surface area contributed by atoms with Crippen molar-refractivity contribution in [2.24, 2.45) is 5.92 Å². The second kappa shape index (κ2) is 9.93. The number of nitrogens with one attached hydrogen (secondary N) is 1. The zero-order valence-corrected chi connectivity index (χ0v) is 19.7. The van der Waals surface area contributed by atoms with Gasteiger partial charge in [0.1, 0.15) is 5.56 Å². The lowest BCUT2D eigenvalue weighted by molar-refractivity contribution is 0.0526. The van der Waals surface area contributed by atoms with E-state index in [1.54, 1.807) is 18.3 Å². The highest BCUT2D eigenvalue weighted by atomic mass is 32.2. The molecule has 0 amide bonds. The number of fused-ring (bicyclic) bond motifs is 1. The van der Waals surface area contributed by atoms with Gasteiger partial charge in [-0.15, -0.1) is 0 Å². The Kier molecular flexibility index (Phi) is 7.04. The minimum atomic E-state index is -0.447. The average Bonchev–Trinajstić information content (AvgIpc) is 3.17. The monoisotopic (exact) mass is 457 g/mol. The summed E-state index contributed by atoms with van der Waals surface area (Å²) in [4.78, 5) is 28.2. The number of nitrogens with zero attached hydrogens (tertiary/aromatic N) is 4. The van der Waals surface area contributed by atoms with Crippen molar-refractivity contribution in [2.45, 2.75) is 38.4 Å². The molecule has 4 rings (SSSR count). The second-order valence-corrected chi connectivity index (χ2v) is 9.55. The van der Waals surface area contributed by atoms with Crippen LogP contribution in [0.25, 0.3) is 10.2 Å². The fourth-order valence-corrected chi connectivity index (χ4v) is 4.89. The Bertz CT molecular complexity index is 1060. The van der Waals surface area contributed by atoms with Crippen LogP contribution in [0.15, 0.2) is 29.6 Å². The van der Waals surface area contributed by atoms with Crippen LogP contribution >= 0.6 is 23.1 Å². The molecular weight excluding hydrogens is 430 g/mol. The van der Waals surface area contributed by atoms with Crippen LogP contribution in [-0.2, 0) is 11.3 Å². The Morgan fingerprint density at radius 2 is 2.13 bits per heavy atom. The van der Waals surface area contributed by atoms with Gasteiger partial charge in [0.15, 0.2) is 16.1 Å². The molecule has 31 heavy (non-hydrogen) atoms. The van der Waals surface area contributed by atoms with Gasteiger partial charge >= 0.3 is 5.97 Å². The molecular formula is C22H27N5O2S2. The number of esters is 1. The SMILES string of the molecule is CCOC(=O)c1cnc(SC)nc1Nc1nc2ccc(CN3CCC(C)CC3)cc2s1. The Hall–Kier alpha value is -2.23. The number of likely N-dealkylation sites (tertiary alicyclic amines) is 1. The van der Waals surface area contributed by atoms with Crippen molar-refractivity contribution < 1.29 is 9.53 Å². The number of benzene rings is 1. The van der Waals surface area contributed by atoms with Crippen LogP contribution in [-0.4, -0.2) is 51.8 Å². The number of aromatic nitrogens is 3. The van der Waals surface area contributed by atoms with Crippen molar-refractivity contribution >= 4 is 50.2 Å². The van der Waals surface area contributed by atoms with E-state index in [2.05, 4.69) is 50.3 Å². The predicted octanol–water partition coefficient (Wildman–Crippen LogP) is 4.96. The van der Waals surface area contributed by atoms with Crippen LogP contribution in [0, 0.1) is 5.92 Å². The molecule has 9 heteroatoms. The molecule has 0 radical (unpaired) electrons. The van der Waals surface area contributed by atoms with Crippen molar-refractivity contribution in [1.29, 1.82) is 0 Å². The van der Waals surface area contributed by atoms with Crippen LogP contribution < -0.4 is 5.32 Å². The molecule has 1 aliphatic rings. The van der Waals surface area contributed by atoms with Gasteiger partial charge in [-0.2, -0.15) is 0 Å². The number of ether oxygens (including phenoxy) is 1. The molecule has 1 fully saturated rings. The van der Waals surface area contributed by atoms with Gasteiger partial charge in [0.25, 0.3) is 0 Å². The lowest BCUT2D eigenvalue weighted by Gasteiger charge is -2.30. The molecule has 0 unspecified atom stereocenters. The highest BCUT2D eigenvalue weighted by Crippen LogP contribution is 2.31. The van der Waals surface area contributed by atoms with E-state index in [0.717, 1.165) is 35.8 Å². The largest absolute Gasteiger partial charge is 0.462 e. The lowest BCUT2D eigenvalue weighted by Crippen LogP contribution is -2.32. The number of hydrogen-bond donors (Lipinski definition) is 1. The smallest absolute Gasteiger partial charge is 0.343 e. The van der Waals surface area contributed by atoms with Crippen LogP contribution in [0.3, 0.4) is 0 Å². The summed E-state index contributed by atoms with van der Waals surface area (Å²) in [6, 6.07) is 6.44. The fraction of sp³-hybridized carbons (Fsp3) is 0.455. The molecule has 0 atom stereocenters. The summed E-state index contributed by atoms with van der Waals surface area (Å²) in [6.07, 6.45) is 5.95. The standard InChI is InChI=1S/C22H27N5O2S2/c1-4-29-20(28)16-12-23-21(30-3)25-19(16)26-22-24-17-6-5-15(11-18(17)31-22)13-27-9-7-14(2)8-10-27/h5-6,11-12,14H,4,7-10,13H2,1-3H3,(H,23,24,25,26). The van der Waals surface area contributed by atoms with Gasteiger partial charge in [-0.05, 0) is 62.7 Å². The maximum atomic E-state index is 12.3. The number of thioether (sulfide) groups is 1. The predicted molar refractivity (Wildman–Crippen MR) is 126 cm³/mol. The quantitative estimate of drug-likeness (QED) is 0.303. The molecule has 0 saturated carbocycles. The molecule has 1 saturated heterocycles. The number of hydrogen-bond acceptors (Lipinski definition) is 9. The van der Waals surface area contributed by atoms with Crippen molar-refractivity contribution in [1.82, 2.24) is 19.9 Å². The minimum Gasteiger partial charge on any atom is -0.462 e. The lowest BCUT2D eigenvalue weighted by atomic mass is 9.99. The summed E-state index contributed by atoms with van der Waals surface area (Å²) >= 11 is 2.97. The normalized spacial score (nSPS) is 15.3. The van der Waals surface area contributed by atoms with E-state index < -0.39 is 5.97 Å². The van der Waals surface area contributed by atoms with Gasteiger partial charge in [-0.25, -0.2) is 19.7 Å². The van der Waals surface area contributed by atoms with Crippen LogP contribution in [0.5, 0.6) is 0 Å². The Balaban J connectivity index is 1.54. The van der Waals surface area contributed by atoms with Crippen LogP contribution in [0.1, 0.15) is 42.6 Å². The molecule has 164 valence electrons. The second-order valence-electron chi connectivity index (χ2n) is 7.74. The zero-order chi connectivity index (χ0) is 21.8. The number of thiazole rings is 1. The van der Waals surface area contributed by atoms with Gasteiger partial charge in [-0.1, -0.05) is 36.1 Å². The summed E-state index contributed by atoms with van der Waals surface area (Å²) in [5.74, 6) is 0.804. The summed E-state index contributed by atoms with van der Waals surface area (Å²) in [5.41, 5.74) is 2.54.